The first kappa shape index (κ1) is 10.9. The highest BCUT2D eigenvalue weighted by Crippen LogP contribution is 2.37. The quantitative estimate of drug-likeness (QED) is 0.791. The molecule has 0 aromatic heterocycles. The second-order valence-electron chi connectivity index (χ2n) is 4.68. The third-order valence-electron chi connectivity index (χ3n) is 3.72. The van der Waals surface area contributed by atoms with E-state index in [4.69, 9.17) is 4.74 Å². The number of rotatable bonds is 2. The fourth-order valence-corrected chi connectivity index (χ4v) is 4.62. The van der Waals surface area contributed by atoms with Gasteiger partial charge in [0, 0.05) is 24.8 Å². The molecule has 4 rings (SSSR count). The predicted molar refractivity (Wildman–Crippen MR) is 66.3 cm³/mol. The monoisotopic (exact) mass is 253 g/mol. The highest BCUT2D eigenvalue weighted by molar-refractivity contribution is 7.94. The van der Waals surface area contributed by atoms with E-state index < -0.39 is 9.84 Å². The van der Waals surface area contributed by atoms with Gasteiger partial charge in [-0.3, -0.25) is 0 Å². The number of hydrogen-bond acceptors (Lipinski definition) is 4. The molecule has 0 aliphatic carbocycles. The van der Waals surface area contributed by atoms with E-state index in [0.29, 0.717) is 13.1 Å². The maximum atomic E-state index is 11.7. The number of fused-ring (bicyclic) bond motifs is 2. The maximum absolute atomic E-state index is 11.7. The smallest absolute Gasteiger partial charge is 0.159 e. The van der Waals surface area contributed by atoms with E-state index >= 15 is 0 Å². The van der Waals surface area contributed by atoms with Gasteiger partial charge in [0.05, 0.1) is 17.6 Å². The largest absolute Gasteiger partial charge is 0.497 e. The van der Waals surface area contributed by atoms with Gasteiger partial charge in [-0.15, -0.1) is 0 Å². The second kappa shape index (κ2) is 3.63. The van der Waals surface area contributed by atoms with Crippen molar-refractivity contribution in [1.29, 1.82) is 0 Å². The first-order valence-electron chi connectivity index (χ1n) is 5.73. The molecule has 3 aliphatic rings. The Kier molecular flexibility index (Phi) is 2.33. The summed E-state index contributed by atoms with van der Waals surface area (Å²) in [6.07, 6.45) is 0.836. The van der Waals surface area contributed by atoms with Gasteiger partial charge in [-0.05, 0) is 18.6 Å². The van der Waals surface area contributed by atoms with Gasteiger partial charge in [0.15, 0.2) is 9.84 Å². The average Bonchev–Trinajstić information content (AvgIpc) is 2.39. The normalized spacial score (nSPS) is 29.6. The van der Waals surface area contributed by atoms with Crippen LogP contribution in [0.15, 0.2) is 24.3 Å². The van der Waals surface area contributed by atoms with E-state index in [1.165, 1.54) is 0 Å². The van der Waals surface area contributed by atoms with Crippen LogP contribution in [0.1, 0.15) is 6.42 Å². The number of anilines is 1. The lowest BCUT2D eigenvalue weighted by Gasteiger charge is -2.47. The molecule has 0 N–H and O–H groups in total. The fourth-order valence-electron chi connectivity index (χ4n) is 2.65. The minimum absolute atomic E-state index is 0.160. The minimum atomic E-state index is -2.79. The van der Waals surface area contributed by atoms with Crippen molar-refractivity contribution in [2.24, 2.45) is 0 Å². The Balaban J connectivity index is 1.83. The highest BCUT2D eigenvalue weighted by atomic mass is 32.2. The van der Waals surface area contributed by atoms with Crippen molar-refractivity contribution in [3.63, 3.8) is 0 Å². The molecule has 2 unspecified atom stereocenters. The number of benzene rings is 1. The molecule has 0 radical (unpaired) electrons. The van der Waals surface area contributed by atoms with E-state index in [2.05, 4.69) is 4.90 Å². The van der Waals surface area contributed by atoms with Crippen LogP contribution in [0.3, 0.4) is 0 Å². The van der Waals surface area contributed by atoms with Crippen LogP contribution in [0.4, 0.5) is 5.69 Å². The molecule has 3 aliphatic heterocycles. The molecule has 2 bridgehead atoms. The fraction of sp³-hybridized carbons (Fsp3) is 0.500. The SMILES string of the molecule is COc1cccc(N2CC3CC(C2)S3(=O)=O)c1. The molecule has 1 aromatic rings. The molecule has 92 valence electrons. The van der Waals surface area contributed by atoms with Gasteiger partial charge in [0.2, 0.25) is 0 Å². The summed E-state index contributed by atoms with van der Waals surface area (Å²) in [5.41, 5.74) is 1.05. The van der Waals surface area contributed by atoms with E-state index in [9.17, 15) is 8.42 Å². The van der Waals surface area contributed by atoms with Crippen LogP contribution < -0.4 is 9.64 Å². The maximum Gasteiger partial charge on any atom is 0.159 e. The molecule has 4 nitrogen and oxygen atoms in total. The van der Waals surface area contributed by atoms with Crippen molar-refractivity contribution < 1.29 is 13.2 Å². The van der Waals surface area contributed by atoms with E-state index in [1.807, 2.05) is 24.3 Å². The molecule has 17 heavy (non-hydrogen) atoms. The Bertz CT molecular complexity index is 522. The van der Waals surface area contributed by atoms with Gasteiger partial charge in [0.25, 0.3) is 0 Å². The Morgan fingerprint density at radius 3 is 2.59 bits per heavy atom. The molecular formula is C12H15NO3S. The van der Waals surface area contributed by atoms with E-state index in [0.717, 1.165) is 17.9 Å². The summed E-state index contributed by atoms with van der Waals surface area (Å²) in [5.74, 6) is 0.810. The van der Waals surface area contributed by atoms with Gasteiger partial charge >= 0.3 is 0 Å². The third-order valence-corrected chi connectivity index (χ3v) is 6.26. The Labute approximate surface area is 101 Å². The van der Waals surface area contributed by atoms with Crippen molar-refractivity contribution >= 4 is 15.5 Å². The van der Waals surface area contributed by atoms with Gasteiger partial charge < -0.3 is 9.64 Å². The molecule has 0 amide bonds. The van der Waals surface area contributed by atoms with Crippen LogP contribution in [-0.2, 0) is 9.84 Å². The summed E-state index contributed by atoms with van der Waals surface area (Å²) < 4.78 is 28.5. The lowest BCUT2D eigenvalue weighted by molar-refractivity contribution is 0.414. The topological polar surface area (TPSA) is 46.6 Å². The molecule has 3 heterocycles. The van der Waals surface area contributed by atoms with Crippen LogP contribution >= 0.6 is 0 Å². The first-order chi connectivity index (χ1) is 8.11. The van der Waals surface area contributed by atoms with Crippen molar-refractivity contribution in [1.82, 2.24) is 0 Å². The van der Waals surface area contributed by atoms with Gasteiger partial charge in [-0.2, -0.15) is 0 Å². The average molecular weight is 253 g/mol. The molecule has 1 aromatic carbocycles. The summed E-state index contributed by atoms with van der Waals surface area (Å²) in [4.78, 5) is 2.14. The molecule has 0 spiro atoms. The number of piperidine rings is 1. The van der Waals surface area contributed by atoms with Crippen molar-refractivity contribution in [3.8, 4) is 5.75 Å². The van der Waals surface area contributed by atoms with Gasteiger partial charge in [-0.1, -0.05) is 6.07 Å². The Morgan fingerprint density at radius 2 is 2.00 bits per heavy atom. The van der Waals surface area contributed by atoms with Crippen LogP contribution in [-0.4, -0.2) is 39.1 Å². The van der Waals surface area contributed by atoms with Crippen molar-refractivity contribution in [2.75, 3.05) is 25.1 Å². The number of hydrogen-bond donors (Lipinski definition) is 0. The number of ether oxygens (including phenoxy) is 1. The predicted octanol–water partition coefficient (Wildman–Crippen LogP) is 1.07. The van der Waals surface area contributed by atoms with Crippen LogP contribution in [0, 0.1) is 0 Å². The lowest BCUT2D eigenvalue weighted by atomic mass is 10.1. The second-order valence-corrected chi connectivity index (χ2v) is 7.19. The molecule has 3 fully saturated rings. The van der Waals surface area contributed by atoms with Crippen molar-refractivity contribution in [3.05, 3.63) is 24.3 Å². The Morgan fingerprint density at radius 1 is 1.29 bits per heavy atom. The molecule has 0 saturated carbocycles. The molecule has 3 saturated heterocycles. The first-order valence-corrected chi connectivity index (χ1v) is 7.34. The van der Waals surface area contributed by atoms with Gasteiger partial charge in [-0.25, -0.2) is 8.42 Å². The lowest BCUT2D eigenvalue weighted by Crippen LogP contribution is -2.62. The van der Waals surface area contributed by atoms with Crippen LogP contribution in [0.2, 0.25) is 0 Å². The zero-order valence-electron chi connectivity index (χ0n) is 9.67. The van der Waals surface area contributed by atoms with Crippen molar-refractivity contribution in [2.45, 2.75) is 16.9 Å². The summed E-state index contributed by atoms with van der Waals surface area (Å²) in [5, 5.41) is -0.320. The zero-order chi connectivity index (χ0) is 12.0. The minimum Gasteiger partial charge on any atom is -0.497 e. The molecule has 5 heteroatoms. The summed E-state index contributed by atoms with van der Waals surface area (Å²) in [6.45, 7) is 1.23. The number of nitrogens with zero attached hydrogens (tertiary/aromatic N) is 1. The van der Waals surface area contributed by atoms with Crippen LogP contribution in [0.25, 0.3) is 0 Å². The third kappa shape index (κ3) is 1.60. The van der Waals surface area contributed by atoms with E-state index in [1.54, 1.807) is 7.11 Å². The zero-order valence-corrected chi connectivity index (χ0v) is 10.5. The number of sulfone groups is 1. The Hall–Kier alpha value is -1.23. The number of methoxy groups -OCH3 is 1. The molecule has 2 atom stereocenters. The summed E-state index contributed by atoms with van der Waals surface area (Å²) in [6, 6.07) is 7.78. The van der Waals surface area contributed by atoms with Crippen LogP contribution in [0.5, 0.6) is 5.75 Å². The highest BCUT2D eigenvalue weighted by Gasteiger charge is 2.51. The summed E-state index contributed by atoms with van der Waals surface area (Å²) >= 11 is 0. The van der Waals surface area contributed by atoms with E-state index in [-0.39, 0.29) is 10.5 Å². The molecular weight excluding hydrogens is 238 g/mol. The summed E-state index contributed by atoms with van der Waals surface area (Å²) in [7, 11) is -1.16. The van der Waals surface area contributed by atoms with Gasteiger partial charge in [0.1, 0.15) is 5.75 Å². The standard InChI is InChI=1S/C12H15NO3S/c1-16-10-4-2-3-9(5-10)13-7-11-6-12(8-13)17(11,14)15/h2-5,11-12H,6-8H2,1H3.